The molecule has 216 valence electrons. The molecule has 0 radical (unpaired) electrons. The van der Waals surface area contributed by atoms with Crippen LogP contribution in [0.15, 0.2) is 43.0 Å². The number of hydrogen-bond donors (Lipinski definition) is 1. The molecule has 1 saturated carbocycles. The Morgan fingerprint density at radius 1 is 1.05 bits per heavy atom. The van der Waals surface area contributed by atoms with E-state index in [0.717, 1.165) is 42.3 Å². The van der Waals surface area contributed by atoms with Gasteiger partial charge in [-0.15, -0.1) is 6.58 Å². The maximum atomic E-state index is 15.5. The molecule has 1 aromatic heterocycles. The maximum absolute atomic E-state index is 15.5. The fourth-order valence-corrected chi connectivity index (χ4v) is 5.85. The molecule has 40 heavy (non-hydrogen) atoms. The van der Waals surface area contributed by atoms with E-state index < -0.39 is 29.3 Å². The highest BCUT2D eigenvalue weighted by atomic mass is 19.3. The average Bonchev–Trinajstić information content (AvgIpc) is 2.88. The molecule has 1 fully saturated rings. The zero-order chi connectivity index (χ0) is 29.6. The van der Waals surface area contributed by atoms with Crippen LogP contribution < -0.4 is 10.2 Å². The van der Waals surface area contributed by atoms with Gasteiger partial charge >= 0.3 is 0 Å². The molecule has 2 aromatic carbocycles. The van der Waals surface area contributed by atoms with Gasteiger partial charge in [-0.2, -0.15) is 0 Å². The van der Waals surface area contributed by atoms with Gasteiger partial charge in [0.2, 0.25) is 0 Å². The number of aryl methyl sites for hydroxylation is 1. The van der Waals surface area contributed by atoms with Crippen molar-refractivity contribution in [2.45, 2.75) is 84.6 Å². The Labute approximate surface area is 237 Å². The summed E-state index contributed by atoms with van der Waals surface area (Å²) in [4.78, 5) is 11.5. The zero-order valence-corrected chi connectivity index (χ0v) is 25.1. The van der Waals surface area contributed by atoms with Crippen molar-refractivity contribution in [1.82, 2.24) is 9.97 Å². The van der Waals surface area contributed by atoms with Crippen LogP contribution in [0.1, 0.15) is 88.9 Å². The highest BCUT2D eigenvalue weighted by Crippen LogP contribution is 2.50. The summed E-state index contributed by atoms with van der Waals surface area (Å²) in [5, 5.41) is 4.11. The van der Waals surface area contributed by atoms with E-state index in [2.05, 4.69) is 53.8 Å². The number of nitrogens with zero attached hydrogens (tertiary/aromatic N) is 3. The third-order valence-electron chi connectivity index (χ3n) is 8.76. The van der Waals surface area contributed by atoms with E-state index in [1.165, 1.54) is 31.5 Å². The number of halogens is 3. The summed E-state index contributed by atoms with van der Waals surface area (Å²) in [6.07, 6.45) is 6.35. The predicted molar refractivity (Wildman–Crippen MR) is 160 cm³/mol. The van der Waals surface area contributed by atoms with Crippen LogP contribution in [0.3, 0.4) is 0 Å². The van der Waals surface area contributed by atoms with Crippen LogP contribution in [0.4, 0.5) is 24.7 Å². The van der Waals surface area contributed by atoms with E-state index in [-0.39, 0.29) is 11.0 Å². The maximum Gasteiger partial charge on any atom is 0.278 e. The lowest BCUT2D eigenvalue weighted by Gasteiger charge is -2.43. The Morgan fingerprint density at radius 2 is 1.70 bits per heavy atom. The molecule has 0 unspecified atom stereocenters. The number of benzene rings is 2. The quantitative estimate of drug-likeness (QED) is 0.283. The molecule has 1 heterocycles. The molecule has 1 aliphatic rings. The first kappa shape index (κ1) is 29.9. The van der Waals surface area contributed by atoms with Crippen LogP contribution in [0.25, 0.3) is 10.9 Å². The first-order chi connectivity index (χ1) is 18.6. The summed E-state index contributed by atoms with van der Waals surface area (Å²) in [6.45, 7) is 15.3. The van der Waals surface area contributed by atoms with Crippen molar-refractivity contribution in [2.75, 3.05) is 24.3 Å². The normalized spacial score (nSPS) is 17.6. The van der Waals surface area contributed by atoms with Gasteiger partial charge < -0.3 is 10.2 Å². The Balaban J connectivity index is 1.80. The molecule has 0 bridgehead atoms. The molecule has 0 saturated heterocycles. The van der Waals surface area contributed by atoms with E-state index >= 15 is 4.39 Å². The lowest BCUT2D eigenvalue weighted by molar-refractivity contribution is -0.0545. The monoisotopic (exact) mass is 552 g/mol. The highest BCUT2D eigenvalue weighted by molar-refractivity contribution is 5.93. The Bertz CT molecular complexity index is 1400. The van der Waals surface area contributed by atoms with Crippen LogP contribution in [0.2, 0.25) is 0 Å². The van der Waals surface area contributed by atoms with E-state index in [0.29, 0.717) is 17.1 Å². The van der Waals surface area contributed by atoms with Crippen molar-refractivity contribution in [2.24, 2.45) is 11.3 Å². The molecule has 4 nitrogen and oxygen atoms in total. The van der Waals surface area contributed by atoms with Gasteiger partial charge in [0.15, 0.2) is 0 Å². The Kier molecular flexibility index (Phi) is 8.00. The second-order valence-electron chi connectivity index (χ2n) is 12.8. The highest BCUT2D eigenvalue weighted by Gasteiger charge is 2.40. The zero-order valence-electron chi connectivity index (χ0n) is 25.1. The van der Waals surface area contributed by atoms with E-state index in [9.17, 15) is 8.78 Å². The molecule has 0 aliphatic heterocycles. The smallest absolute Gasteiger partial charge is 0.278 e. The van der Waals surface area contributed by atoms with Gasteiger partial charge in [0.1, 0.15) is 17.5 Å². The summed E-state index contributed by atoms with van der Waals surface area (Å²) >= 11 is 0. The van der Waals surface area contributed by atoms with Gasteiger partial charge in [-0.1, -0.05) is 52.0 Å². The van der Waals surface area contributed by atoms with Gasteiger partial charge in [-0.05, 0) is 62.6 Å². The number of hydrogen-bond acceptors (Lipinski definition) is 4. The van der Waals surface area contributed by atoms with Crippen molar-refractivity contribution < 1.29 is 13.2 Å². The van der Waals surface area contributed by atoms with Crippen molar-refractivity contribution in [3.05, 3.63) is 71.3 Å². The van der Waals surface area contributed by atoms with Gasteiger partial charge in [-0.25, -0.2) is 23.1 Å². The number of anilines is 2. The average molecular weight is 553 g/mol. The van der Waals surface area contributed by atoms with Crippen molar-refractivity contribution >= 4 is 22.4 Å². The summed E-state index contributed by atoms with van der Waals surface area (Å²) in [5.74, 6) is -4.07. The van der Waals surface area contributed by atoms with Gasteiger partial charge in [0, 0.05) is 42.1 Å². The van der Waals surface area contributed by atoms with Crippen molar-refractivity contribution in [3.8, 4) is 0 Å². The Morgan fingerprint density at radius 3 is 2.27 bits per heavy atom. The number of alkyl halides is 2. The van der Waals surface area contributed by atoms with Gasteiger partial charge in [-0.3, -0.25) is 0 Å². The van der Waals surface area contributed by atoms with Crippen LogP contribution >= 0.6 is 0 Å². The van der Waals surface area contributed by atoms with Crippen molar-refractivity contribution in [1.29, 1.82) is 0 Å². The van der Waals surface area contributed by atoms with E-state index in [4.69, 9.17) is 4.98 Å². The molecule has 1 N–H and O–H groups in total. The molecule has 3 aromatic rings. The van der Waals surface area contributed by atoms with Crippen LogP contribution in [-0.2, 0) is 11.3 Å². The third kappa shape index (κ3) is 5.44. The third-order valence-corrected chi connectivity index (χ3v) is 8.76. The first-order valence-corrected chi connectivity index (χ1v) is 14.2. The molecule has 1 atom stereocenters. The fraction of sp³-hybridized carbons (Fsp3) is 0.515. The minimum absolute atomic E-state index is 0.158. The summed E-state index contributed by atoms with van der Waals surface area (Å²) in [5.41, 5.74) is 2.77. The molecule has 0 spiro atoms. The molecular formula is C33H43F3N4. The molecule has 1 aliphatic carbocycles. The van der Waals surface area contributed by atoms with Crippen molar-refractivity contribution in [3.63, 3.8) is 0 Å². The van der Waals surface area contributed by atoms with E-state index in [1.807, 2.05) is 21.0 Å². The molecule has 4 rings (SSSR count). The summed E-state index contributed by atoms with van der Waals surface area (Å²) in [7, 11) is 4.05. The number of fused-ring (bicyclic) bond motifs is 1. The van der Waals surface area contributed by atoms with Gasteiger partial charge in [0.05, 0.1) is 17.1 Å². The fourth-order valence-electron chi connectivity index (χ4n) is 5.85. The first-order valence-electron chi connectivity index (χ1n) is 14.2. The lowest BCUT2D eigenvalue weighted by atomic mass is 9.62. The topological polar surface area (TPSA) is 41.1 Å². The standard InChI is InChI=1S/C33H43F3N4/c1-10-32(16-14-31(6,7)15-17-32)26-19-27-24(18-28(26)40(8)9)30(39-22(5)38-27)37-21(4)23-12-11-13-25(29(23)34)33(35,36)20(2)3/h10-13,18-21H,1,14-17H2,2-9H3,(H,37,38,39)/t21-/m1/s1. The van der Waals surface area contributed by atoms with E-state index in [1.54, 1.807) is 13.0 Å². The molecule has 7 heteroatoms. The number of aromatic nitrogens is 2. The van der Waals surface area contributed by atoms with Crippen LogP contribution in [0, 0.1) is 24.1 Å². The molecule has 0 amide bonds. The molecular weight excluding hydrogens is 509 g/mol. The number of nitrogens with one attached hydrogen (secondary N) is 1. The second-order valence-corrected chi connectivity index (χ2v) is 12.8. The second kappa shape index (κ2) is 10.7. The largest absolute Gasteiger partial charge is 0.377 e. The number of allylic oxidation sites excluding steroid dienone is 1. The SMILES string of the molecule is C=CC1(c2cc3nc(C)nc(N[C@H](C)c4cccc(C(F)(F)C(C)C)c4F)c3cc2N(C)C)CCC(C)(C)CC1. The summed E-state index contributed by atoms with van der Waals surface area (Å²) < 4.78 is 45.1. The number of rotatable bonds is 8. The summed E-state index contributed by atoms with van der Waals surface area (Å²) in [6, 6.07) is 7.84. The van der Waals surface area contributed by atoms with Crippen LogP contribution in [0.5, 0.6) is 0 Å². The van der Waals surface area contributed by atoms with Crippen LogP contribution in [-0.4, -0.2) is 24.1 Å². The lowest BCUT2D eigenvalue weighted by Crippen LogP contribution is -2.34. The Hall–Kier alpha value is -3.09. The van der Waals surface area contributed by atoms with Gasteiger partial charge in [0.25, 0.3) is 5.92 Å². The minimum Gasteiger partial charge on any atom is -0.377 e. The minimum atomic E-state index is -3.27. The predicted octanol–water partition coefficient (Wildman–Crippen LogP) is 9.09.